The van der Waals surface area contributed by atoms with Gasteiger partial charge in [-0.15, -0.1) is 0 Å². The minimum atomic E-state index is -1.11. The molecule has 0 fully saturated rings. The van der Waals surface area contributed by atoms with E-state index in [4.69, 9.17) is 0 Å². The number of carboxylic acids is 1. The van der Waals surface area contributed by atoms with Crippen molar-refractivity contribution in [2.75, 3.05) is 0 Å². The maximum atomic E-state index is 11.3. The van der Waals surface area contributed by atoms with Gasteiger partial charge in [0.1, 0.15) is 0 Å². The van der Waals surface area contributed by atoms with Crippen molar-refractivity contribution in [1.82, 2.24) is 0 Å². The summed E-state index contributed by atoms with van der Waals surface area (Å²) in [6.45, 7) is 2.11. The molecular weight excluding hydrogens is 345 g/mol. The Kier molecular flexibility index (Phi) is 5.34. The summed E-state index contributed by atoms with van der Waals surface area (Å²) in [4.78, 5) is 21.5. The second-order valence-electron chi connectivity index (χ2n) is 4.92. The van der Waals surface area contributed by atoms with E-state index < -0.39 is 10.9 Å². The van der Waals surface area contributed by atoms with E-state index in [-0.39, 0.29) is 27.0 Å². The van der Waals surface area contributed by atoms with Crippen LogP contribution >= 0.6 is 0 Å². The average molecular weight is 360 g/mol. The van der Waals surface area contributed by atoms with E-state index in [2.05, 4.69) is 19.1 Å². The van der Waals surface area contributed by atoms with E-state index in [9.17, 15) is 20.0 Å². The van der Waals surface area contributed by atoms with Crippen LogP contribution in [0.15, 0.2) is 48.5 Å². The quantitative estimate of drug-likeness (QED) is 0.488. The van der Waals surface area contributed by atoms with Gasteiger partial charge in [-0.25, -0.2) is 0 Å². The number of non-ortho nitro benzene ring substituents is 1. The van der Waals surface area contributed by atoms with Gasteiger partial charge in [0, 0.05) is 0 Å². The molecule has 0 aliphatic carbocycles. The minimum absolute atomic E-state index is 0.0504. The molecule has 113 valence electrons. The fourth-order valence-electron chi connectivity index (χ4n) is 2.07. The summed E-state index contributed by atoms with van der Waals surface area (Å²) in [5.74, 6) is -0.778. The SMILES string of the molecule is CC(C[As]c1ccc([N+](=O)[O-])cc1C(=O)O)c1ccccc1. The molecule has 2 aromatic rings. The first-order valence-corrected chi connectivity index (χ1v) is 8.99. The average Bonchev–Trinajstić information content (AvgIpc) is 2.53. The predicted molar refractivity (Wildman–Crippen MR) is 85.1 cm³/mol. The second kappa shape index (κ2) is 7.23. The van der Waals surface area contributed by atoms with Crippen LogP contribution in [0.25, 0.3) is 0 Å². The maximum absolute atomic E-state index is 11.3. The molecule has 1 unspecified atom stereocenters. The van der Waals surface area contributed by atoms with Gasteiger partial charge in [-0.1, -0.05) is 0 Å². The third-order valence-corrected chi connectivity index (χ3v) is 6.39. The van der Waals surface area contributed by atoms with Crippen LogP contribution < -0.4 is 4.35 Å². The summed E-state index contributed by atoms with van der Waals surface area (Å²) >= 11 is -0.369. The van der Waals surface area contributed by atoms with Gasteiger partial charge >= 0.3 is 134 Å². The predicted octanol–water partition coefficient (Wildman–Crippen LogP) is 2.84. The van der Waals surface area contributed by atoms with Crippen LogP contribution in [-0.4, -0.2) is 31.8 Å². The number of nitro benzene ring substituents is 1. The number of hydrogen-bond donors (Lipinski definition) is 1. The molecule has 0 aliphatic rings. The van der Waals surface area contributed by atoms with E-state index in [0.717, 1.165) is 15.6 Å². The molecule has 2 rings (SSSR count). The van der Waals surface area contributed by atoms with E-state index in [0.29, 0.717) is 5.92 Å². The Morgan fingerprint density at radius 1 is 1.27 bits per heavy atom. The molecule has 0 bridgehead atoms. The monoisotopic (exact) mass is 360 g/mol. The van der Waals surface area contributed by atoms with Gasteiger partial charge in [0.05, 0.1) is 0 Å². The third-order valence-electron chi connectivity index (χ3n) is 3.33. The Morgan fingerprint density at radius 3 is 2.55 bits per heavy atom. The molecule has 5 nitrogen and oxygen atoms in total. The molecule has 0 amide bonds. The molecule has 0 saturated carbocycles. The van der Waals surface area contributed by atoms with Crippen LogP contribution in [0.4, 0.5) is 5.69 Å². The fourth-order valence-corrected chi connectivity index (χ4v) is 4.57. The van der Waals surface area contributed by atoms with E-state index in [1.54, 1.807) is 6.07 Å². The Morgan fingerprint density at radius 2 is 1.95 bits per heavy atom. The Bertz CT molecular complexity index is 688. The number of carbonyl (C=O) groups is 1. The van der Waals surface area contributed by atoms with Crippen molar-refractivity contribution in [3.63, 3.8) is 0 Å². The van der Waals surface area contributed by atoms with Crippen LogP contribution in [0.5, 0.6) is 0 Å². The number of carboxylic acid groups (broad SMARTS) is 1. The van der Waals surface area contributed by atoms with Crippen LogP contribution in [0.1, 0.15) is 28.8 Å². The third kappa shape index (κ3) is 3.95. The molecule has 22 heavy (non-hydrogen) atoms. The van der Waals surface area contributed by atoms with Gasteiger partial charge < -0.3 is 0 Å². The fraction of sp³-hybridized carbons (Fsp3) is 0.188. The summed E-state index contributed by atoms with van der Waals surface area (Å²) in [5, 5.41) is 20.9. The van der Waals surface area contributed by atoms with E-state index >= 15 is 0 Å². The van der Waals surface area contributed by atoms with Crippen molar-refractivity contribution in [3.05, 3.63) is 69.8 Å². The van der Waals surface area contributed by atoms with Crippen LogP contribution in [0, 0.1) is 10.1 Å². The van der Waals surface area contributed by atoms with Crippen LogP contribution in [-0.2, 0) is 0 Å². The summed E-state index contributed by atoms with van der Waals surface area (Å²) in [6, 6.07) is 14.2. The van der Waals surface area contributed by atoms with Gasteiger partial charge in [-0.05, 0) is 0 Å². The summed E-state index contributed by atoms with van der Waals surface area (Å²) in [5.41, 5.74) is 1.09. The summed E-state index contributed by atoms with van der Waals surface area (Å²) < 4.78 is 0.720. The zero-order chi connectivity index (χ0) is 16.1. The second-order valence-corrected chi connectivity index (χ2v) is 7.36. The Labute approximate surface area is 134 Å². The first kappa shape index (κ1) is 16.2. The molecule has 2 aromatic carbocycles. The number of aromatic carboxylic acids is 1. The van der Waals surface area contributed by atoms with E-state index in [1.807, 2.05) is 18.2 Å². The van der Waals surface area contributed by atoms with E-state index in [1.165, 1.54) is 11.6 Å². The van der Waals surface area contributed by atoms with Crippen molar-refractivity contribution >= 4 is 31.8 Å². The number of benzene rings is 2. The number of nitrogens with zero attached hydrogens (tertiary/aromatic N) is 1. The number of hydrogen-bond acceptors (Lipinski definition) is 3. The van der Waals surface area contributed by atoms with Crippen molar-refractivity contribution in [3.8, 4) is 0 Å². The molecule has 0 aliphatic heterocycles. The Balaban J connectivity index is 2.15. The number of nitro groups is 1. The molecule has 0 saturated heterocycles. The molecular formula is C16H15AsNO4. The molecule has 0 heterocycles. The first-order valence-electron chi connectivity index (χ1n) is 6.73. The van der Waals surface area contributed by atoms with Crippen LogP contribution in [0.2, 0.25) is 5.21 Å². The van der Waals surface area contributed by atoms with Gasteiger partial charge in [0.25, 0.3) is 0 Å². The Hall–Kier alpha value is -2.13. The molecule has 1 N–H and O–H groups in total. The van der Waals surface area contributed by atoms with Crippen molar-refractivity contribution in [2.45, 2.75) is 18.1 Å². The van der Waals surface area contributed by atoms with Crippen molar-refractivity contribution < 1.29 is 14.8 Å². The standard InChI is InChI=1S/C16H15AsNO4/c1-11(12-5-3-2-4-6-12)10-17-15-8-7-13(18(21)22)9-14(15)16(19)20/h2-9,11H,10H2,1H3,(H,19,20). The summed E-state index contributed by atoms with van der Waals surface area (Å²) in [7, 11) is 0. The molecule has 0 aromatic heterocycles. The van der Waals surface area contributed by atoms with Crippen LogP contribution in [0.3, 0.4) is 0 Å². The zero-order valence-electron chi connectivity index (χ0n) is 12.0. The topological polar surface area (TPSA) is 80.4 Å². The molecule has 1 atom stereocenters. The molecule has 6 heteroatoms. The first-order chi connectivity index (χ1) is 10.5. The van der Waals surface area contributed by atoms with Crippen molar-refractivity contribution in [1.29, 1.82) is 0 Å². The van der Waals surface area contributed by atoms with Gasteiger partial charge in [-0.2, -0.15) is 0 Å². The molecule has 0 spiro atoms. The normalized spacial score (nSPS) is 12.4. The number of rotatable bonds is 6. The van der Waals surface area contributed by atoms with Gasteiger partial charge in [-0.3, -0.25) is 0 Å². The zero-order valence-corrected chi connectivity index (χ0v) is 13.8. The van der Waals surface area contributed by atoms with Crippen molar-refractivity contribution in [2.24, 2.45) is 0 Å². The van der Waals surface area contributed by atoms with Gasteiger partial charge in [0.2, 0.25) is 0 Å². The summed E-state index contributed by atoms with van der Waals surface area (Å²) in [6.07, 6.45) is 0. The molecule has 1 radical (unpaired) electrons. The van der Waals surface area contributed by atoms with Gasteiger partial charge in [0.15, 0.2) is 0 Å².